The van der Waals surface area contributed by atoms with Gasteiger partial charge in [-0.15, -0.1) is 0 Å². The molecular formula is C16H22BrNO2. The number of hydrogen-bond donors (Lipinski definition) is 1. The number of ether oxygens (including phenoxy) is 1. The summed E-state index contributed by atoms with van der Waals surface area (Å²) in [5.74, 6) is 0.849. The monoisotopic (exact) mass is 339 g/mol. The molecule has 110 valence electrons. The maximum atomic E-state index is 10.4. The lowest BCUT2D eigenvalue weighted by molar-refractivity contribution is -0.0538. The van der Waals surface area contributed by atoms with Gasteiger partial charge in [-0.05, 0) is 37.9 Å². The van der Waals surface area contributed by atoms with Crippen LogP contribution in [-0.4, -0.2) is 35.2 Å². The van der Waals surface area contributed by atoms with Gasteiger partial charge >= 0.3 is 0 Å². The summed E-state index contributed by atoms with van der Waals surface area (Å²) in [6.07, 6.45) is 3.55. The van der Waals surface area contributed by atoms with Gasteiger partial charge in [-0.25, -0.2) is 0 Å². The first-order chi connectivity index (χ1) is 9.62. The van der Waals surface area contributed by atoms with Crippen molar-refractivity contribution in [1.82, 2.24) is 4.90 Å². The standard InChI is InChI=1S/C16H22BrNO2/c1-2-7-18-8-5-16(6-9-18)11-14(19)13-4-3-12(17)10-15(13)20-16/h3-4,10,14,19H,2,5-9,11H2,1H3/t14-/m1/s1. The number of fused-ring (bicyclic) bond motifs is 1. The molecule has 2 aliphatic heterocycles. The van der Waals surface area contributed by atoms with Crippen LogP contribution in [0.25, 0.3) is 0 Å². The van der Waals surface area contributed by atoms with Crippen molar-refractivity contribution in [2.45, 2.75) is 44.3 Å². The predicted molar refractivity (Wildman–Crippen MR) is 83.0 cm³/mol. The summed E-state index contributed by atoms with van der Waals surface area (Å²) in [6.45, 7) is 5.54. The van der Waals surface area contributed by atoms with E-state index in [-0.39, 0.29) is 5.60 Å². The van der Waals surface area contributed by atoms with Gasteiger partial charge < -0.3 is 14.7 Å². The largest absolute Gasteiger partial charge is 0.487 e. The summed E-state index contributed by atoms with van der Waals surface area (Å²) in [4.78, 5) is 2.50. The van der Waals surface area contributed by atoms with Crippen LogP contribution in [0.15, 0.2) is 22.7 Å². The Labute approximate surface area is 129 Å². The number of rotatable bonds is 2. The summed E-state index contributed by atoms with van der Waals surface area (Å²) >= 11 is 3.48. The van der Waals surface area contributed by atoms with Crippen LogP contribution in [0.1, 0.15) is 44.3 Å². The number of aliphatic hydroxyl groups is 1. The fourth-order valence-corrected chi connectivity index (χ4v) is 3.76. The quantitative estimate of drug-likeness (QED) is 0.894. The van der Waals surface area contributed by atoms with E-state index < -0.39 is 6.10 Å². The first-order valence-electron chi connectivity index (χ1n) is 7.51. The van der Waals surface area contributed by atoms with Crippen molar-refractivity contribution in [2.24, 2.45) is 0 Å². The fourth-order valence-electron chi connectivity index (χ4n) is 3.42. The van der Waals surface area contributed by atoms with Crippen LogP contribution < -0.4 is 4.74 Å². The van der Waals surface area contributed by atoms with E-state index in [2.05, 4.69) is 27.8 Å². The van der Waals surface area contributed by atoms with E-state index in [1.54, 1.807) is 0 Å². The van der Waals surface area contributed by atoms with Crippen LogP contribution in [0.2, 0.25) is 0 Å². The van der Waals surface area contributed by atoms with Crippen molar-refractivity contribution in [3.63, 3.8) is 0 Å². The second-order valence-corrected chi connectivity index (χ2v) is 6.94. The second-order valence-electron chi connectivity index (χ2n) is 6.03. The van der Waals surface area contributed by atoms with Crippen LogP contribution in [0.5, 0.6) is 5.75 Å². The lowest BCUT2D eigenvalue weighted by Gasteiger charge is -2.46. The molecule has 20 heavy (non-hydrogen) atoms. The molecule has 0 unspecified atom stereocenters. The lowest BCUT2D eigenvalue weighted by atomic mass is 9.81. The Balaban J connectivity index is 1.77. The molecule has 1 fully saturated rings. The highest BCUT2D eigenvalue weighted by atomic mass is 79.9. The number of aliphatic hydroxyl groups excluding tert-OH is 1. The molecule has 1 spiro atoms. The molecule has 2 heterocycles. The minimum Gasteiger partial charge on any atom is -0.487 e. The zero-order valence-corrected chi connectivity index (χ0v) is 13.5. The number of benzene rings is 1. The normalized spacial score (nSPS) is 25.2. The highest BCUT2D eigenvalue weighted by molar-refractivity contribution is 9.10. The van der Waals surface area contributed by atoms with Gasteiger partial charge in [0.2, 0.25) is 0 Å². The molecule has 0 saturated carbocycles. The highest BCUT2D eigenvalue weighted by Gasteiger charge is 2.42. The first-order valence-corrected chi connectivity index (χ1v) is 8.30. The van der Waals surface area contributed by atoms with Crippen molar-refractivity contribution in [3.8, 4) is 5.75 Å². The Morgan fingerprint density at radius 3 is 2.85 bits per heavy atom. The Morgan fingerprint density at radius 2 is 2.15 bits per heavy atom. The van der Waals surface area contributed by atoms with Crippen LogP contribution >= 0.6 is 15.9 Å². The summed E-state index contributed by atoms with van der Waals surface area (Å²) in [6, 6.07) is 5.91. The third kappa shape index (κ3) is 2.74. The van der Waals surface area contributed by atoms with Gasteiger partial charge in [0.25, 0.3) is 0 Å². The van der Waals surface area contributed by atoms with Gasteiger partial charge in [-0.1, -0.05) is 28.9 Å². The Kier molecular flexibility index (Phi) is 4.07. The third-order valence-corrected chi connectivity index (χ3v) is 5.03. The number of halogens is 1. The van der Waals surface area contributed by atoms with Crippen molar-refractivity contribution in [1.29, 1.82) is 0 Å². The molecule has 1 N–H and O–H groups in total. The fraction of sp³-hybridized carbons (Fsp3) is 0.625. The Bertz CT molecular complexity index is 483. The smallest absolute Gasteiger partial charge is 0.127 e. The van der Waals surface area contributed by atoms with E-state index in [0.29, 0.717) is 0 Å². The molecule has 0 radical (unpaired) electrons. The van der Waals surface area contributed by atoms with E-state index in [1.165, 1.54) is 13.0 Å². The average molecular weight is 340 g/mol. The molecule has 0 bridgehead atoms. The second kappa shape index (κ2) is 5.66. The van der Waals surface area contributed by atoms with Gasteiger partial charge in [0.05, 0.1) is 6.10 Å². The molecule has 2 aliphatic rings. The number of piperidine rings is 1. The molecule has 0 aromatic heterocycles. The molecule has 3 rings (SSSR count). The summed E-state index contributed by atoms with van der Waals surface area (Å²) in [7, 11) is 0. The van der Waals surface area contributed by atoms with Crippen LogP contribution in [-0.2, 0) is 0 Å². The maximum Gasteiger partial charge on any atom is 0.127 e. The Morgan fingerprint density at radius 1 is 1.40 bits per heavy atom. The van der Waals surface area contributed by atoms with Gasteiger partial charge in [-0.3, -0.25) is 0 Å². The van der Waals surface area contributed by atoms with E-state index in [1.807, 2.05) is 18.2 Å². The van der Waals surface area contributed by atoms with E-state index in [4.69, 9.17) is 4.74 Å². The molecular weight excluding hydrogens is 318 g/mol. The van der Waals surface area contributed by atoms with Gasteiger partial charge in [-0.2, -0.15) is 0 Å². The van der Waals surface area contributed by atoms with Crippen molar-refractivity contribution in [2.75, 3.05) is 19.6 Å². The van der Waals surface area contributed by atoms with Gasteiger partial charge in [0.1, 0.15) is 11.4 Å². The Hall–Kier alpha value is -0.580. The summed E-state index contributed by atoms with van der Waals surface area (Å²) in [5, 5.41) is 10.4. The molecule has 4 heteroatoms. The van der Waals surface area contributed by atoms with Crippen molar-refractivity contribution in [3.05, 3.63) is 28.2 Å². The van der Waals surface area contributed by atoms with E-state index >= 15 is 0 Å². The molecule has 1 aromatic carbocycles. The number of likely N-dealkylation sites (tertiary alicyclic amines) is 1. The molecule has 1 aromatic rings. The molecule has 0 amide bonds. The zero-order valence-electron chi connectivity index (χ0n) is 11.9. The lowest BCUT2D eigenvalue weighted by Crippen LogP contribution is -2.50. The third-order valence-electron chi connectivity index (χ3n) is 4.53. The predicted octanol–water partition coefficient (Wildman–Crippen LogP) is 3.51. The topological polar surface area (TPSA) is 32.7 Å². The first kappa shape index (κ1) is 14.4. The number of nitrogens with zero attached hydrogens (tertiary/aromatic N) is 1. The molecule has 0 aliphatic carbocycles. The zero-order chi connectivity index (χ0) is 14.2. The van der Waals surface area contributed by atoms with Crippen molar-refractivity contribution >= 4 is 15.9 Å². The van der Waals surface area contributed by atoms with Crippen molar-refractivity contribution < 1.29 is 9.84 Å². The van der Waals surface area contributed by atoms with Gasteiger partial charge in [0, 0.05) is 29.5 Å². The van der Waals surface area contributed by atoms with E-state index in [9.17, 15) is 5.11 Å². The minimum absolute atomic E-state index is 0.169. The van der Waals surface area contributed by atoms with E-state index in [0.717, 1.165) is 48.1 Å². The summed E-state index contributed by atoms with van der Waals surface area (Å²) < 4.78 is 7.33. The van der Waals surface area contributed by atoms with Crippen LogP contribution in [0, 0.1) is 0 Å². The van der Waals surface area contributed by atoms with Gasteiger partial charge in [0.15, 0.2) is 0 Å². The van der Waals surface area contributed by atoms with Crippen LogP contribution in [0.3, 0.4) is 0 Å². The molecule has 3 nitrogen and oxygen atoms in total. The van der Waals surface area contributed by atoms with Crippen LogP contribution in [0.4, 0.5) is 0 Å². The molecule has 1 saturated heterocycles. The highest BCUT2D eigenvalue weighted by Crippen LogP contribution is 2.44. The average Bonchev–Trinajstić information content (AvgIpc) is 2.41. The molecule has 1 atom stereocenters. The minimum atomic E-state index is -0.399. The number of hydrogen-bond acceptors (Lipinski definition) is 3. The maximum absolute atomic E-state index is 10.4. The summed E-state index contributed by atoms with van der Waals surface area (Å²) in [5.41, 5.74) is 0.757. The SMILES string of the molecule is CCCN1CCC2(CC1)C[C@@H](O)c1ccc(Br)cc1O2.